The van der Waals surface area contributed by atoms with Crippen LogP contribution in [0.3, 0.4) is 0 Å². The maximum Gasteiger partial charge on any atom is 0.412 e. The Bertz CT molecular complexity index is 878. The number of anilines is 3. The molecule has 0 radical (unpaired) electrons. The third kappa shape index (κ3) is 2.77. The van der Waals surface area contributed by atoms with Crippen LogP contribution >= 0.6 is 0 Å². The number of aryl methyl sites for hydroxylation is 1. The lowest BCUT2D eigenvalue weighted by molar-refractivity contribution is 0.168. The van der Waals surface area contributed by atoms with Gasteiger partial charge in [-0.1, -0.05) is 12.1 Å². The molecule has 0 fully saturated rings. The van der Waals surface area contributed by atoms with Crippen LogP contribution in [-0.2, 0) is 11.2 Å². The van der Waals surface area contributed by atoms with Gasteiger partial charge in [0.2, 0.25) is 0 Å². The van der Waals surface area contributed by atoms with Crippen LogP contribution in [0.15, 0.2) is 35.5 Å². The summed E-state index contributed by atoms with van der Waals surface area (Å²) < 4.78 is 4.88. The molecule has 4 N–H and O–H groups in total. The molecule has 0 saturated heterocycles. The summed E-state index contributed by atoms with van der Waals surface area (Å²) in [5.74, 6) is 0.430. The third-order valence-electron chi connectivity index (χ3n) is 4.43. The van der Waals surface area contributed by atoms with Crippen LogP contribution in [0.2, 0.25) is 0 Å². The SMILES string of the molecule is CCOC(=O)Nc1cc2c(cn1)N=C1c3c(N)cccc3CCC1N2. The number of nitrogens with zero attached hydrogens (tertiary/aromatic N) is 2. The standard InChI is InChI=1S/C18H19N5O2/c1-2-25-18(24)23-15-8-13-14(9-20-15)22-17-12(21-13)7-6-10-4-3-5-11(19)16(10)17/h3-5,8-9,12,21H,2,6-7,19H2,1H3,(H,20,23,24). The number of nitrogens with one attached hydrogen (secondary N) is 2. The molecule has 1 aliphatic heterocycles. The van der Waals surface area contributed by atoms with Gasteiger partial charge in [-0.15, -0.1) is 0 Å². The highest BCUT2D eigenvalue weighted by atomic mass is 16.5. The molecule has 1 atom stereocenters. The number of nitrogens with two attached hydrogens (primary N) is 1. The molecule has 0 saturated carbocycles. The summed E-state index contributed by atoms with van der Waals surface area (Å²) in [6.45, 7) is 2.07. The third-order valence-corrected chi connectivity index (χ3v) is 4.43. The topological polar surface area (TPSA) is 102 Å². The monoisotopic (exact) mass is 337 g/mol. The first-order valence-electron chi connectivity index (χ1n) is 8.32. The van der Waals surface area contributed by atoms with Crippen LogP contribution in [0, 0.1) is 0 Å². The Morgan fingerprint density at radius 3 is 3.20 bits per heavy atom. The maximum atomic E-state index is 11.5. The van der Waals surface area contributed by atoms with E-state index in [0.717, 1.165) is 41.2 Å². The summed E-state index contributed by atoms with van der Waals surface area (Å²) in [5.41, 5.74) is 11.7. The van der Waals surface area contributed by atoms with Crippen molar-refractivity contribution in [2.75, 3.05) is 23.0 Å². The van der Waals surface area contributed by atoms with E-state index in [2.05, 4.69) is 21.7 Å². The van der Waals surface area contributed by atoms with E-state index in [1.54, 1.807) is 19.2 Å². The number of aromatic nitrogens is 1. The van der Waals surface area contributed by atoms with E-state index in [0.29, 0.717) is 12.4 Å². The fourth-order valence-corrected chi connectivity index (χ4v) is 3.34. The Labute approximate surface area is 145 Å². The fraction of sp³-hybridized carbons (Fsp3) is 0.278. The lowest BCUT2D eigenvalue weighted by Gasteiger charge is -2.32. The van der Waals surface area contributed by atoms with E-state index < -0.39 is 6.09 Å². The number of carbonyl (C=O) groups is 1. The van der Waals surface area contributed by atoms with Crippen molar-refractivity contribution in [3.8, 4) is 0 Å². The number of hydrogen-bond acceptors (Lipinski definition) is 6. The number of nitrogen functional groups attached to an aromatic ring is 1. The molecule has 0 bridgehead atoms. The van der Waals surface area contributed by atoms with Gasteiger partial charge in [-0.3, -0.25) is 5.32 Å². The molecule has 0 spiro atoms. The smallest absolute Gasteiger partial charge is 0.412 e. The number of ether oxygens (including phenoxy) is 1. The summed E-state index contributed by atoms with van der Waals surface area (Å²) in [7, 11) is 0. The molecular weight excluding hydrogens is 318 g/mol. The Morgan fingerprint density at radius 2 is 2.36 bits per heavy atom. The number of aliphatic imine (C=N–C) groups is 1. The van der Waals surface area contributed by atoms with Gasteiger partial charge in [-0.2, -0.15) is 0 Å². The molecule has 25 heavy (non-hydrogen) atoms. The Hall–Kier alpha value is -3.09. The average Bonchev–Trinajstić information content (AvgIpc) is 2.60. The van der Waals surface area contributed by atoms with Crippen molar-refractivity contribution in [2.24, 2.45) is 4.99 Å². The van der Waals surface area contributed by atoms with E-state index in [1.807, 2.05) is 12.1 Å². The van der Waals surface area contributed by atoms with Crippen LogP contribution in [0.4, 0.5) is 27.7 Å². The second-order valence-electron chi connectivity index (χ2n) is 6.05. The Kier molecular flexibility index (Phi) is 3.76. The number of benzene rings is 1. The van der Waals surface area contributed by atoms with Crippen LogP contribution in [0.5, 0.6) is 0 Å². The van der Waals surface area contributed by atoms with Crippen molar-refractivity contribution in [1.82, 2.24) is 4.98 Å². The largest absolute Gasteiger partial charge is 0.450 e. The molecule has 2 aromatic rings. The summed E-state index contributed by atoms with van der Waals surface area (Å²) in [6, 6.07) is 7.86. The lowest BCUT2D eigenvalue weighted by Crippen LogP contribution is -2.37. The normalized spacial score (nSPS) is 17.3. The molecular formula is C18H19N5O2. The van der Waals surface area contributed by atoms with Crippen molar-refractivity contribution in [3.05, 3.63) is 41.6 Å². The van der Waals surface area contributed by atoms with Gasteiger partial charge in [0.05, 0.1) is 30.2 Å². The second kappa shape index (κ2) is 6.08. The van der Waals surface area contributed by atoms with Gasteiger partial charge in [-0.05, 0) is 31.4 Å². The molecule has 1 aliphatic carbocycles. The molecule has 1 aromatic heterocycles. The van der Waals surface area contributed by atoms with Crippen molar-refractivity contribution < 1.29 is 9.53 Å². The number of carbonyl (C=O) groups excluding carboxylic acids is 1. The average molecular weight is 337 g/mol. The van der Waals surface area contributed by atoms with E-state index >= 15 is 0 Å². The highest BCUT2D eigenvalue weighted by Gasteiger charge is 2.30. The predicted octanol–water partition coefficient (Wildman–Crippen LogP) is 3.09. The summed E-state index contributed by atoms with van der Waals surface area (Å²) in [5, 5.41) is 6.10. The van der Waals surface area contributed by atoms with Gasteiger partial charge in [0.15, 0.2) is 0 Å². The molecule has 7 heteroatoms. The zero-order valence-corrected chi connectivity index (χ0v) is 13.9. The fourth-order valence-electron chi connectivity index (χ4n) is 3.34. The summed E-state index contributed by atoms with van der Waals surface area (Å²) in [6.07, 6.45) is 3.01. The highest BCUT2D eigenvalue weighted by Crippen LogP contribution is 2.37. The minimum absolute atomic E-state index is 0.0996. The quantitative estimate of drug-likeness (QED) is 0.731. The van der Waals surface area contributed by atoms with Gasteiger partial charge >= 0.3 is 6.09 Å². The van der Waals surface area contributed by atoms with Gasteiger partial charge < -0.3 is 15.8 Å². The maximum absolute atomic E-state index is 11.5. The molecule has 1 aromatic carbocycles. The first-order chi connectivity index (χ1) is 12.2. The van der Waals surface area contributed by atoms with Crippen molar-refractivity contribution in [3.63, 3.8) is 0 Å². The summed E-state index contributed by atoms with van der Waals surface area (Å²) in [4.78, 5) is 20.6. The Morgan fingerprint density at radius 1 is 1.48 bits per heavy atom. The minimum Gasteiger partial charge on any atom is -0.450 e. The van der Waals surface area contributed by atoms with Crippen LogP contribution in [0.25, 0.3) is 0 Å². The van der Waals surface area contributed by atoms with Gasteiger partial charge in [0, 0.05) is 17.3 Å². The molecule has 128 valence electrons. The van der Waals surface area contributed by atoms with Gasteiger partial charge in [0.1, 0.15) is 11.5 Å². The zero-order chi connectivity index (χ0) is 17.4. The summed E-state index contributed by atoms with van der Waals surface area (Å²) >= 11 is 0. The molecule has 1 unspecified atom stereocenters. The van der Waals surface area contributed by atoms with E-state index in [1.165, 1.54) is 5.56 Å². The van der Waals surface area contributed by atoms with Crippen LogP contribution < -0.4 is 16.4 Å². The number of rotatable bonds is 2. The van der Waals surface area contributed by atoms with Crippen molar-refractivity contribution in [1.29, 1.82) is 0 Å². The van der Waals surface area contributed by atoms with Gasteiger partial charge in [-0.25, -0.2) is 14.8 Å². The molecule has 7 nitrogen and oxygen atoms in total. The number of amides is 1. The molecule has 2 aliphatic rings. The number of fused-ring (bicyclic) bond motifs is 4. The van der Waals surface area contributed by atoms with Crippen molar-refractivity contribution in [2.45, 2.75) is 25.8 Å². The molecule has 1 amide bonds. The first kappa shape index (κ1) is 15.4. The highest BCUT2D eigenvalue weighted by molar-refractivity contribution is 6.14. The van der Waals surface area contributed by atoms with Crippen molar-refractivity contribution >= 4 is 34.7 Å². The first-order valence-corrected chi connectivity index (χ1v) is 8.32. The van der Waals surface area contributed by atoms with Crippen LogP contribution in [-0.4, -0.2) is 29.4 Å². The van der Waals surface area contributed by atoms with Crippen LogP contribution in [0.1, 0.15) is 24.5 Å². The van der Waals surface area contributed by atoms with Gasteiger partial charge in [0.25, 0.3) is 0 Å². The minimum atomic E-state index is -0.519. The number of pyridine rings is 1. The van der Waals surface area contributed by atoms with E-state index in [9.17, 15) is 4.79 Å². The zero-order valence-electron chi connectivity index (χ0n) is 13.9. The predicted molar refractivity (Wildman–Crippen MR) is 97.7 cm³/mol. The molecule has 4 rings (SSSR count). The second-order valence-corrected chi connectivity index (χ2v) is 6.05. The van der Waals surface area contributed by atoms with E-state index in [-0.39, 0.29) is 6.04 Å². The van der Waals surface area contributed by atoms with E-state index in [4.69, 9.17) is 15.5 Å². The number of hydrogen-bond donors (Lipinski definition) is 3. The molecule has 2 heterocycles. The lowest BCUT2D eigenvalue weighted by atomic mass is 9.84. The Balaban J connectivity index is 1.69.